The molecule has 5 nitrogen and oxygen atoms in total. The SMILES string of the molecule is Cc1ccc(C(=O)C(C)Sc2ccc(S(=O)(=O)N(C)C)cn2)cc1. The molecule has 0 bridgehead atoms. The van der Waals surface area contributed by atoms with Crippen LogP contribution in [0.15, 0.2) is 52.5 Å². The Morgan fingerprint density at radius 2 is 1.75 bits per heavy atom. The molecule has 0 aliphatic rings. The molecule has 0 fully saturated rings. The minimum atomic E-state index is -3.49. The van der Waals surface area contributed by atoms with Gasteiger partial charge in [0.05, 0.1) is 10.3 Å². The van der Waals surface area contributed by atoms with Crippen molar-refractivity contribution in [2.24, 2.45) is 0 Å². The van der Waals surface area contributed by atoms with Gasteiger partial charge in [0.25, 0.3) is 0 Å². The van der Waals surface area contributed by atoms with E-state index >= 15 is 0 Å². The summed E-state index contributed by atoms with van der Waals surface area (Å²) in [6, 6.07) is 10.6. The zero-order chi connectivity index (χ0) is 17.9. The number of hydrogen-bond donors (Lipinski definition) is 0. The summed E-state index contributed by atoms with van der Waals surface area (Å²) in [5, 5.41) is 0.303. The van der Waals surface area contributed by atoms with Gasteiger partial charge in [-0.1, -0.05) is 41.6 Å². The van der Waals surface area contributed by atoms with Crippen LogP contribution in [0.3, 0.4) is 0 Å². The van der Waals surface area contributed by atoms with E-state index in [0.717, 1.165) is 9.87 Å². The van der Waals surface area contributed by atoms with Crippen molar-refractivity contribution in [3.8, 4) is 0 Å². The molecule has 0 spiro atoms. The Hall–Kier alpha value is -1.70. The van der Waals surface area contributed by atoms with Crippen LogP contribution in [0.2, 0.25) is 0 Å². The highest BCUT2D eigenvalue weighted by molar-refractivity contribution is 8.00. The van der Waals surface area contributed by atoms with Gasteiger partial charge in [-0.3, -0.25) is 4.79 Å². The zero-order valence-electron chi connectivity index (χ0n) is 14.1. The van der Waals surface area contributed by atoms with E-state index in [-0.39, 0.29) is 15.9 Å². The van der Waals surface area contributed by atoms with Crippen molar-refractivity contribution in [1.82, 2.24) is 9.29 Å². The number of Topliss-reactive ketones (excluding diaryl/α,β-unsaturated/α-hetero) is 1. The molecule has 1 unspecified atom stereocenters. The lowest BCUT2D eigenvalue weighted by molar-refractivity contribution is 0.0994. The Labute approximate surface area is 147 Å². The van der Waals surface area contributed by atoms with Crippen molar-refractivity contribution in [3.05, 3.63) is 53.7 Å². The molecular formula is C17H20N2O3S2. The molecule has 1 aromatic carbocycles. The Kier molecular flexibility index (Phi) is 5.79. The number of pyridine rings is 1. The van der Waals surface area contributed by atoms with Crippen molar-refractivity contribution >= 4 is 27.6 Å². The number of benzene rings is 1. The number of hydrogen-bond acceptors (Lipinski definition) is 5. The topological polar surface area (TPSA) is 67.3 Å². The molecule has 128 valence electrons. The van der Waals surface area contributed by atoms with Crippen molar-refractivity contribution in [2.75, 3.05) is 14.1 Å². The van der Waals surface area contributed by atoms with Crippen LogP contribution < -0.4 is 0 Å². The van der Waals surface area contributed by atoms with E-state index in [1.54, 1.807) is 6.07 Å². The molecule has 1 atom stereocenters. The van der Waals surface area contributed by atoms with E-state index in [9.17, 15) is 13.2 Å². The summed E-state index contributed by atoms with van der Waals surface area (Å²) >= 11 is 1.31. The molecule has 0 aliphatic heterocycles. The number of thioether (sulfide) groups is 1. The fourth-order valence-corrected chi connectivity index (χ4v) is 3.70. The van der Waals surface area contributed by atoms with Gasteiger partial charge >= 0.3 is 0 Å². The van der Waals surface area contributed by atoms with Gasteiger partial charge in [0, 0.05) is 25.9 Å². The largest absolute Gasteiger partial charge is 0.293 e. The number of nitrogens with zero attached hydrogens (tertiary/aromatic N) is 2. The average molecular weight is 364 g/mol. The summed E-state index contributed by atoms with van der Waals surface area (Å²) in [6.45, 7) is 3.79. The first kappa shape index (κ1) is 18.6. The van der Waals surface area contributed by atoms with Crippen LogP contribution >= 0.6 is 11.8 Å². The molecule has 1 aromatic heterocycles. The normalized spacial score (nSPS) is 13.0. The summed E-state index contributed by atoms with van der Waals surface area (Å²) < 4.78 is 25.2. The van der Waals surface area contributed by atoms with Crippen molar-refractivity contribution in [1.29, 1.82) is 0 Å². The highest BCUT2D eigenvalue weighted by Gasteiger charge is 2.20. The molecular weight excluding hydrogens is 344 g/mol. The van der Waals surface area contributed by atoms with Gasteiger partial charge in [0.2, 0.25) is 10.0 Å². The third kappa shape index (κ3) is 4.23. The zero-order valence-corrected chi connectivity index (χ0v) is 15.7. The molecule has 1 heterocycles. The summed E-state index contributed by atoms with van der Waals surface area (Å²) in [5.41, 5.74) is 1.76. The van der Waals surface area contributed by atoms with Crippen LogP contribution in [-0.4, -0.2) is 42.8 Å². The van der Waals surface area contributed by atoms with Crippen LogP contribution in [-0.2, 0) is 10.0 Å². The smallest absolute Gasteiger partial charge is 0.244 e. The monoisotopic (exact) mass is 364 g/mol. The minimum Gasteiger partial charge on any atom is -0.293 e. The quantitative estimate of drug-likeness (QED) is 0.582. The summed E-state index contributed by atoms with van der Waals surface area (Å²) in [7, 11) is -0.546. The van der Waals surface area contributed by atoms with E-state index in [2.05, 4.69) is 4.98 Å². The first-order valence-electron chi connectivity index (χ1n) is 7.38. The fraction of sp³-hybridized carbons (Fsp3) is 0.294. The van der Waals surface area contributed by atoms with Crippen molar-refractivity contribution in [2.45, 2.75) is 29.0 Å². The third-order valence-electron chi connectivity index (χ3n) is 3.49. The van der Waals surface area contributed by atoms with Crippen molar-refractivity contribution in [3.63, 3.8) is 0 Å². The second-order valence-electron chi connectivity index (χ2n) is 5.61. The standard InChI is InChI=1S/C17H20N2O3S2/c1-12-5-7-14(8-6-12)17(20)13(2)23-16-10-9-15(11-18-16)24(21,22)19(3)4/h5-11,13H,1-4H3. The second-order valence-corrected chi connectivity index (χ2v) is 9.12. The van der Waals surface area contributed by atoms with Crippen LogP contribution in [0.25, 0.3) is 0 Å². The lowest BCUT2D eigenvalue weighted by Crippen LogP contribution is -2.22. The van der Waals surface area contributed by atoms with Gasteiger partial charge in [-0.2, -0.15) is 0 Å². The molecule has 0 N–H and O–H groups in total. The number of aryl methyl sites for hydroxylation is 1. The lowest BCUT2D eigenvalue weighted by atomic mass is 10.1. The Morgan fingerprint density at radius 3 is 2.25 bits per heavy atom. The lowest BCUT2D eigenvalue weighted by Gasteiger charge is -2.12. The maximum Gasteiger partial charge on any atom is 0.244 e. The molecule has 0 saturated heterocycles. The van der Waals surface area contributed by atoms with Crippen LogP contribution in [0, 0.1) is 6.92 Å². The molecule has 0 radical (unpaired) electrons. The van der Waals surface area contributed by atoms with Gasteiger partial charge in [-0.05, 0) is 26.0 Å². The van der Waals surface area contributed by atoms with E-state index in [0.29, 0.717) is 10.6 Å². The maximum atomic E-state index is 12.4. The molecule has 24 heavy (non-hydrogen) atoms. The summed E-state index contributed by atoms with van der Waals surface area (Å²) in [5.74, 6) is 0.0202. The van der Waals surface area contributed by atoms with E-state index in [1.165, 1.54) is 38.1 Å². The average Bonchev–Trinajstić information content (AvgIpc) is 2.55. The Morgan fingerprint density at radius 1 is 1.12 bits per heavy atom. The fourth-order valence-electron chi connectivity index (χ4n) is 1.99. The molecule has 7 heteroatoms. The van der Waals surface area contributed by atoms with Gasteiger partial charge in [0.1, 0.15) is 4.90 Å². The van der Waals surface area contributed by atoms with Crippen LogP contribution in [0.1, 0.15) is 22.8 Å². The van der Waals surface area contributed by atoms with Gasteiger partial charge in [0.15, 0.2) is 5.78 Å². The number of ketones is 1. The maximum absolute atomic E-state index is 12.4. The minimum absolute atomic E-state index is 0.0202. The Balaban J connectivity index is 2.11. The van der Waals surface area contributed by atoms with E-state index in [1.807, 2.05) is 38.1 Å². The number of carbonyl (C=O) groups is 1. The number of aromatic nitrogens is 1. The predicted octanol–water partition coefficient (Wildman–Crippen LogP) is 3.00. The number of sulfonamides is 1. The second kappa shape index (κ2) is 7.46. The number of rotatable bonds is 6. The first-order valence-corrected chi connectivity index (χ1v) is 9.70. The highest BCUT2D eigenvalue weighted by atomic mass is 32.2. The third-order valence-corrected chi connectivity index (χ3v) is 6.34. The van der Waals surface area contributed by atoms with Gasteiger partial charge in [-0.25, -0.2) is 17.7 Å². The molecule has 0 amide bonds. The molecule has 0 aliphatic carbocycles. The number of carbonyl (C=O) groups excluding carboxylic acids is 1. The van der Waals surface area contributed by atoms with E-state index < -0.39 is 10.0 Å². The van der Waals surface area contributed by atoms with E-state index in [4.69, 9.17) is 0 Å². The molecule has 2 aromatic rings. The van der Waals surface area contributed by atoms with Gasteiger partial charge < -0.3 is 0 Å². The van der Waals surface area contributed by atoms with Crippen LogP contribution in [0.4, 0.5) is 0 Å². The predicted molar refractivity (Wildman–Crippen MR) is 95.9 cm³/mol. The molecule has 2 rings (SSSR count). The Bertz CT molecular complexity index is 814. The summed E-state index contributed by atoms with van der Waals surface area (Å²) in [4.78, 5) is 16.7. The first-order chi connectivity index (χ1) is 11.2. The highest BCUT2D eigenvalue weighted by Crippen LogP contribution is 2.25. The molecule has 0 saturated carbocycles. The van der Waals surface area contributed by atoms with Crippen molar-refractivity contribution < 1.29 is 13.2 Å². The van der Waals surface area contributed by atoms with Gasteiger partial charge in [-0.15, -0.1) is 0 Å². The van der Waals surface area contributed by atoms with Crippen LogP contribution in [0.5, 0.6) is 0 Å². The summed E-state index contributed by atoms with van der Waals surface area (Å²) in [6.07, 6.45) is 1.32.